The van der Waals surface area contributed by atoms with E-state index >= 15 is 0 Å². The van der Waals surface area contributed by atoms with Crippen molar-refractivity contribution in [1.29, 1.82) is 0 Å². The van der Waals surface area contributed by atoms with Crippen LogP contribution in [0, 0.1) is 5.92 Å². The number of rotatable bonds is 5. The standard InChI is InChI=1S/C15H22N2O3S/c1-21(18,19)13-6-4-12(5-7-13)14-8-16-9-15(17-14)20-10-11-2-3-11/h4-7,11,14-17H,2-3,8-10H2,1H3. The fourth-order valence-corrected chi connectivity index (χ4v) is 3.14. The van der Waals surface area contributed by atoms with Gasteiger partial charge in [-0.15, -0.1) is 0 Å². The molecule has 1 saturated heterocycles. The van der Waals surface area contributed by atoms with E-state index < -0.39 is 9.84 Å². The van der Waals surface area contributed by atoms with Gasteiger partial charge in [-0.2, -0.15) is 0 Å². The summed E-state index contributed by atoms with van der Waals surface area (Å²) in [4.78, 5) is 0.358. The van der Waals surface area contributed by atoms with Crippen LogP contribution in [0.5, 0.6) is 0 Å². The molecule has 1 aliphatic carbocycles. The maximum Gasteiger partial charge on any atom is 0.175 e. The van der Waals surface area contributed by atoms with E-state index in [1.165, 1.54) is 19.1 Å². The summed E-state index contributed by atoms with van der Waals surface area (Å²) in [6, 6.07) is 7.23. The molecule has 0 spiro atoms. The fraction of sp³-hybridized carbons (Fsp3) is 0.600. The highest BCUT2D eigenvalue weighted by Gasteiger charge is 2.26. The Morgan fingerprint density at radius 1 is 1.19 bits per heavy atom. The largest absolute Gasteiger partial charge is 0.362 e. The zero-order valence-corrected chi connectivity index (χ0v) is 13.0. The number of benzene rings is 1. The van der Waals surface area contributed by atoms with E-state index in [-0.39, 0.29) is 12.3 Å². The number of piperazine rings is 1. The lowest BCUT2D eigenvalue weighted by Gasteiger charge is -2.32. The third kappa shape index (κ3) is 4.03. The lowest BCUT2D eigenvalue weighted by Crippen LogP contribution is -2.51. The third-order valence-electron chi connectivity index (χ3n) is 4.01. The summed E-state index contributed by atoms with van der Waals surface area (Å²) in [7, 11) is -3.13. The molecule has 6 heteroatoms. The second-order valence-electron chi connectivity index (χ2n) is 5.98. The van der Waals surface area contributed by atoms with Gasteiger partial charge in [0.25, 0.3) is 0 Å². The van der Waals surface area contributed by atoms with Crippen LogP contribution >= 0.6 is 0 Å². The van der Waals surface area contributed by atoms with Gasteiger partial charge in [0, 0.05) is 25.4 Å². The normalized spacial score (nSPS) is 26.7. The Kier molecular flexibility index (Phi) is 4.31. The van der Waals surface area contributed by atoms with E-state index in [2.05, 4.69) is 10.6 Å². The van der Waals surface area contributed by atoms with E-state index in [0.29, 0.717) is 4.90 Å². The molecular formula is C15H22N2O3S. The molecule has 2 atom stereocenters. The molecule has 1 saturated carbocycles. The first-order valence-corrected chi connectivity index (χ1v) is 9.30. The Hall–Kier alpha value is -0.950. The molecule has 2 aliphatic rings. The summed E-state index contributed by atoms with van der Waals surface area (Å²) >= 11 is 0. The molecule has 0 aromatic heterocycles. The Bertz CT molecular complexity index is 581. The zero-order valence-electron chi connectivity index (χ0n) is 12.2. The van der Waals surface area contributed by atoms with Gasteiger partial charge in [-0.05, 0) is 36.5 Å². The maximum absolute atomic E-state index is 11.5. The van der Waals surface area contributed by atoms with Gasteiger partial charge in [0.05, 0.1) is 11.5 Å². The average molecular weight is 310 g/mol. The van der Waals surface area contributed by atoms with Crippen molar-refractivity contribution in [3.8, 4) is 0 Å². The maximum atomic E-state index is 11.5. The van der Waals surface area contributed by atoms with Crippen LogP contribution in [0.15, 0.2) is 29.2 Å². The molecule has 3 rings (SSSR count). The predicted molar refractivity (Wildman–Crippen MR) is 80.8 cm³/mol. The SMILES string of the molecule is CS(=O)(=O)c1ccc(C2CNCC(OCC3CC3)N2)cc1. The van der Waals surface area contributed by atoms with Crippen LogP contribution in [0.4, 0.5) is 0 Å². The van der Waals surface area contributed by atoms with Gasteiger partial charge in [-0.1, -0.05) is 12.1 Å². The van der Waals surface area contributed by atoms with Gasteiger partial charge in [-0.3, -0.25) is 5.32 Å². The minimum Gasteiger partial charge on any atom is -0.362 e. The van der Waals surface area contributed by atoms with Crippen LogP contribution in [0.2, 0.25) is 0 Å². The van der Waals surface area contributed by atoms with Gasteiger partial charge in [-0.25, -0.2) is 8.42 Å². The first-order valence-electron chi connectivity index (χ1n) is 7.41. The Labute approximate surface area is 126 Å². The van der Waals surface area contributed by atoms with Crippen LogP contribution in [0.1, 0.15) is 24.4 Å². The number of nitrogens with one attached hydrogen (secondary N) is 2. The fourth-order valence-electron chi connectivity index (χ4n) is 2.51. The molecule has 2 fully saturated rings. The Morgan fingerprint density at radius 3 is 2.52 bits per heavy atom. The van der Waals surface area contributed by atoms with E-state index in [4.69, 9.17) is 4.74 Å². The molecule has 0 radical (unpaired) electrons. The van der Waals surface area contributed by atoms with Crippen molar-refractivity contribution in [2.24, 2.45) is 5.92 Å². The lowest BCUT2D eigenvalue weighted by molar-refractivity contribution is 0.00327. The van der Waals surface area contributed by atoms with Crippen molar-refractivity contribution in [3.05, 3.63) is 29.8 Å². The molecule has 1 aliphatic heterocycles. The van der Waals surface area contributed by atoms with Crippen LogP contribution in [-0.4, -0.2) is 40.6 Å². The van der Waals surface area contributed by atoms with Gasteiger partial charge >= 0.3 is 0 Å². The number of hydrogen-bond acceptors (Lipinski definition) is 5. The highest BCUT2D eigenvalue weighted by molar-refractivity contribution is 7.90. The molecule has 2 unspecified atom stereocenters. The predicted octanol–water partition coefficient (Wildman–Crippen LogP) is 1.08. The quantitative estimate of drug-likeness (QED) is 0.852. The molecule has 2 N–H and O–H groups in total. The van der Waals surface area contributed by atoms with Crippen LogP contribution < -0.4 is 10.6 Å². The zero-order chi connectivity index (χ0) is 14.9. The minimum atomic E-state index is -3.13. The summed E-state index contributed by atoms with van der Waals surface area (Å²) in [6.07, 6.45) is 3.83. The van der Waals surface area contributed by atoms with Crippen LogP contribution in [0.3, 0.4) is 0 Å². The molecule has 21 heavy (non-hydrogen) atoms. The number of ether oxygens (including phenoxy) is 1. The first kappa shape index (κ1) is 15.0. The topological polar surface area (TPSA) is 67.4 Å². The van der Waals surface area contributed by atoms with Crippen molar-refractivity contribution in [3.63, 3.8) is 0 Å². The lowest BCUT2D eigenvalue weighted by atomic mass is 10.1. The van der Waals surface area contributed by atoms with Crippen molar-refractivity contribution in [2.45, 2.75) is 30.0 Å². The smallest absolute Gasteiger partial charge is 0.175 e. The monoisotopic (exact) mass is 310 g/mol. The molecular weight excluding hydrogens is 288 g/mol. The molecule has 0 amide bonds. The number of sulfone groups is 1. The Morgan fingerprint density at radius 2 is 1.90 bits per heavy atom. The Balaban J connectivity index is 1.62. The molecule has 1 aromatic carbocycles. The second kappa shape index (κ2) is 6.04. The van der Waals surface area contributed by atoms with Gasteiger partial charge in [0.2, 0.25) is 0 Å². The van der Waals surface area contributed by atoms with Crippen molar-refractivity contribution in [2.75, 3.05) is 26.0 Å². The summed E-state index contributed by atoms with van der Waals surface area (Å²) in [5.74, 6) is 0.751. The van der Waals surface area contributed by atoms with Crippen molar-refractivity contribution >= 4 is 9.84 Å². The highest BCUT2D eigenvalue weighted by atomic mass is 32.2. The van der Waals surface area contributed by atoms with E-state index in [1.54, 1.807) is 12.1 Å². The van der Waals surface area contributed by atoms with Gasteiger partial charge < -0.3 is 10.1 Å². The van der Waals surface area contributed by atoms with Crippen LogP contribution in [0.25, 0.3) is 0 Å². The van der Waals surface area contributed by atoms with Crippen molar-refractivity contribution < 1.29 is 13.2 Å². The molecule has 1 heterocycles. The van der Waals surface area contributed by atoms with E-state index in [0.717, 1.165) is 31.2 Å². The van der Waals surface area contributed by atoms with Crippen molar-refractivity contribution in [1.82, 2.24) is 10.6 Å². The van der Waals surface area contributed by atoms with E-state index in [9.17, 15) is 8.42 Å². The number of hydrogen-bond donors (Lipinski definition) is 2. The first-order chi connectivity index (χ1) is 10.0. The van der Waals surface area contributed by atoms with Gasteiger partial charge in [0.15, 0.2) is 9.84 Å². The van der Waals surface area contributed by atoms with E-state index in [1.807, 2.05) is 12.1 Å². The molecule has 1 aromatic rings. The summed E-state index contributed by atoms with van der Waals surface area (Å²) in [6.45, 7) is 2.46. The third-order valence-corrected chi connectivity index (χ3v) is 5.13. The highest BCUT2D eigenvalue weighted by Crippen LogP contribution is 2.29. The molecule has 116 valence electrons. The summed E-state index contributed by atoms with van der Waals surface area (Å²) in [5, 5.41) is 6.84. The molecule has 5 nitrogen and oxygen atoms in total. The summed E-state index contributed by atoms with van der Waals surface area (Å²) < 4.78 is 28.8. The average Bonchev–Trinajstić information content (AvgIpc) is 3.29. The minimum absolute atomic E-state index is 0.0268. The summed E-state index contributed by atoms with van der Waals surface area (Å²) in [5.41, 5.74) is 1.08. The van der Waals surface area contributed by atoms with Crippen LogP contribution in [-0.2, 0) is 14.6 Å². The molecule has 0 bridgehead atoms. The van der Waals surface area contributed by atoms with Gasteiger partial charge in [0.1, 0.15) is 6.23 Å². The second-order valence-corrected chi connectivity index (χ2v) is 8.00.